The highest BCUT2D eigenvalue weighted by atomic mass is 79.9. The second-order valence-electron chi connectivity index (χ2n) is 5.12. The molecule has 2 aromatic rings. The first-order valence-electron chi connectivity index (χ1n) is 7.64. The number of alkyl halides is 1. The van der Waals surface area contributed by atoms with E-state index in [0.717, 1.165) is 39.2 Å². The number of nitrogens with one attached hydrogen (secondary N) is 3. The largest absolute Gasteiger partial charge is 0.388 e. The lowest BCUT2D eigenvalue weighted by atomic mass is 10.1. The second kappa shape index (κ2) is 9.32. The Balaban J connectivity index is 2.33. The smallest absolute Gasteiger partial charge is 0.0839 e. The molecular weight excluding hydrogens is 368 g/mol. The maximum absolute atomic E-state index is 5.85. The molecule has 0 aliphatic rings. The van der Waals surface area contributed by atoms with Crippen LogP contribution in [0.25, 0.3) is 5.70 Å². The molecular formula is C18H23BrN4O. The van der Waals surface area contributed by atoms with E-state index < -0.39 is 0 Å². The first-order chi connectivity index (χ1) is 11.7. The molecule has 2 rings (SSSR count). The predicted octanol–water partition coefficient (Wildman–Crippen LogP) is 3.69. The lowest BCUT2D eigenvalue weighted by Crippen LogP contribution is -2.15. The van der Waals surface area contributed by atoms with E-state index in [9.17, 15) is 0 Å². The van der Waals surface area contributed by atoms with Crippen molar-refractivity contribution in [3.05, 3.63) is 59.7 Å². The van der Waals surface area contributed by atoms with Crippen LogP contribution in [0.2, 0.25) is 0 Å². The average Bonchev–Trinajstić information content (AvgIpc) is 2.61. The molecule has 0 amide bonds. The molecule has 0 radical (unpaired) electrons. The van der Waals surface area contributed by atoms with Crippen LogP contribution < -0.4 is 21.8 Å². The quantitative estimate of drug-likeness (QED) is 0.408. The van der Waals surface area contributed by atoms with Crippen LogP contribution in [0.1, 0.15) is 5.56 Å². The summed E-state index contributed by atoms with van der Waals surface area (Å²) in [6, 6.07) is 16.1. The van der Waals surface area contributed by atoms with E-state index in [4.69, 9.17) is 10.6 Å². The Bertz CT molecular complexity index is 697. The summed E-state index contributed by atoms with van der Waals surface area (Å²) in [4.78, 5) is 5.02. The van der Waals surface area contributed by atoms with E-state index in [-0.39, 0.29) is 0 Å². The number of rotatable bonds is 8. The van der Waals surface area contributed by atoms with Crippen molar-refractivity contribution in [3.63, 3.8) is 0 Å². The van der Waals surface area contributed by atoms with Gasteiger partial charge in [-0.15, -0.1) is 0 Å². The maximum Gasteiger partial charge on any atom is 0.0839 e. The van der Waals surface area contributed by atoms with Crippen molar-refractivity contribution < 1.29 is 4.84 Å². The van der Waals surface area contributed by atoms with Crippen LogP contribution in [-0.2, 0) is 4.84 Å². The fourth-order valence-corrected chi connectivity index (χ4v) is 2.96. The van der Waals surface area contributed by atoms with Gasteiger partial charge in [-0.05, 0) is 35.4 Å². The number of halogens is 1. The summed E-state index contributed by atoms with van der Waals surface area (Å²) in [5.41, 5.74) is 14.8. The molecule has 6 heteroatoms. The highest BCUT2D eigenvalue weighted by Crippen LogP contribution is 2.27. The van der Waals surface area contributed by atoms with E-state index in [1.165, 1.54) is 0 Å². The highest BCUT2D eigenvalue weighted by molar-refractivity contribution is 9.09. The number of para-hydroxylation sites is 2. The predicted molar refractivity (Wildman–Crippen MR) is 106 cm³/mol. The third kappa shape index (κ3) is 4.50. The van der Waals surface area contributed by atoms with Gasteiger partial charge in [-0.2, -0.15) is 0 Å². The van der Waals surface area contributed by atoms with Gasteiger partial charge in [0, 0.05) is 30.3 Å². The van der Waals surface area contributed by atoms with Gasteiger partial charge < -0.3 is 16.4 Å². The number of hydrogen-bond donors (Lipinski definition) is 4. The molecule has 0 bridgehead atoms. The summed E-state index contributed by atoms with van der Waals surface area (Å²) >= 11 is 3.50. The highest BCUT2D eigenvalue weighted by Gasteiger charge is 2.08. The van der Waals surface area contributed by atoms with E-state index >= 15 is 0 Å². The monoisotopic (exact) mass is 390 g/mol. The van der Waals surface area contributed by atoms with Crippen LogP contribution in [0.5, 0.6) is 0 Å². The number of hydrogen-bond acceptors (Lipinski definition) is 5. The van der Waals surface area contributed by atoms with E-state index in [2.05, 4.69) is 44.2 Å². The SMILES string of the molecule is CN/C(=C(\CN)CBr)c1cccc(Nc2ccccc2NOC)c1. The van der Waals surface area contributed by atoms with Crippen LogP contribution in [0.3, 0.4) is 0 Å². The summed E-state index contributed by atoms with van der Waals surface area (Å²) in [5.74, 6) is 0. The minimum absolute atomic E-state index is 0.500. The summed E-state index contributed by atoms with van der Waals surface area (Å²) < 4.78 is 0. The van der Waals surface area contributed by atoms with Crippen molar-refractivity contribution in [2.75, 3.05) is 36.8 Å². The zero-order valence-electron chi connectivity index (χ0n) is 13.9. The average molecular weight is 391 g/mol. The summed E-state index contributed by atoms with van der Waals surface area (Å²) in [6.07, 6.45) is 0. The molecule has 24 heavy (non-hydrogen) atoms. The van der Waals surface area contributed by atoms with E-state index in [1.54, 1.807) is 7.11 Å². The van der Waals surface area contributed by atoms with Gasteiger partial charge in [0.25, 0.3) is 0 Å². The van der Waals surface area contributed by atoms with Crippen molar-refractivity contribution in [2.24, 2.45) is 5.73 Å². The molecule has 0 saturated carbocycles. The van der Waals surface area contributed by atoms with Crippen molar-refractivity contribution in [3.8, 4) is 0 Å². The number of anilines is 3. The molecule has 0 atom stereocenters. The van der Waals surface area contributed by atoms with Gasteiger partial charge in [-0.3, -0.25) is 10.3 Å². The van der Waals surface area contributed by atoms with Gasteiger partial charge in [0.2, 0.25) is 0 Å². The Morgan fingerprint density at radius 3 is 2.50 bits per heavy atom. The van der Waals surface area contributed by atoms with Gasteiger partial charge in [-0.25, -0.2) is 0 Å². The van der Waals surface area contributed by atoms with Crippen molar-refractivity contribution in [1.29, 1.82) is 0 Å². The van der Waals surface area contributed by atoms with Gasteiger partial charge in [-0.1, -0.05) is 40.2 Å². The van der Waals surface area contributed by atoms with Gasteiger partial charge >= 0.3 is 0 Å². The molecule has 128 valence electrons. The van der Waals surface area contributed by atoms with Gasteiger partial charge in [0.05, 0.1) is 18.5 Å². The minimum Gasteiger partial charge on any atom is -0.388 e. The topological polar surface area (TPSA) is 71.3 Å². The van der Waals surface area contributed by atoms with Gasteiger partial charge in [0.15, 0.2) is 0 Å². The molecule has 0 fully saturated rings. The fraction of sp³-hybridized carbons (Fsp3) is 0.222. The first kappa shape index (κ1) is 18.3. The standard InChI is InChI=1S/C18H23BrN4O/c1-21-18(14(11-19)12-20)13-6-5-7-15(10-13)22-16-8-3-4-9-17(16)23-24-2/h3-10,21-23H,11-12,20H2,1-2H3/b18-14-. The molecule has 0 unspecified atom stereocenters. The van der Waals surface area contributed by atoms with Crippen molar-refractivity contribution in [2.45, 2.75) is 0 Å². The van der Waals surface area contributed by atoms with Crippen molar-refractivity contribution >= 4 is 38.7 Å². The molecule has 0 spiro atoms. The molecule has 0 aliphatic carbocycles. The Labute approximate surface area is 151 Å². The molecule has 0 heterocycles. The first-order valence-corrected chi connectivity index (χ1v) is 8.77. The van der Waals surface area contributed by atoms with Crippen LogP contribution in [0.15, 0.2) is 54.1 Å². The maximum atomic E-state index is 5.85. The van der Waals surface area contributed by atoms with Crippen LogP contribution >= 0.6 is 15.9 Å². The molecule has 0 aliphatic heterocycles. The minimum atomic E-state index is 0.500. The third-order valence-corrected chi connectivity index (χ3v) is 4.26. The van der Waals surface area contributed by atoms with Crippen molar-refractivity contribution in [1.82, 2.24) is 5.32 Å². The van der Waals surface area contributed by atoms with Crippen LogP contribution in [0.4, 0.5) is 17.1 Å². The second-order valence-corrected chi connectivity index (χ2v) is 5.68. The lowest BCUT2D eigenvalue weighted by molar-refractivity contribution is 0.271. The van der Waals surface area contributed by atoms with Gasteiger partial charge in [0.1, 0.15) is 0 Å². The number of benzene rings is 2. The molecule has 0 aromatic heterocycles. The molecule has 5 nitrogen and oxygen atoms in total. The van der Waals surface area contributed by atoms with E-state index in [0.29, 0.717) is 6.54 Å². The molecule has 0 saturated heterocycles. The zero-order chi connectivity index (χ0) is 17.4. The zero-order valence-corrected chi connectivity index (χ0v) is 15.5. The van der Waals surface area contributed by atoms with E-state index in [1.807, 2.05) is 43.4 Å². The normalized spacial score (nSPS) is 11.7. The Kier molecular flexibility index (Phi) is 7.11. The lowest BCUT2D eigenvalue weighted by Gasteiger charge is -2.16. The summed E-state index contributed by atoms with van der Waals surface area (Å²) in [5, 5.41) is 7.40. The van der Waals surface area contributed by atoms with Crippen LogP contribution in [-0.4, -0.2) is 26.0 Å². The molecule has 5 N–H and O–H groups in total. The molecule has 2 aromatic carbocycles. The summed E-state index contributed by atoms with van der Waals surface area (Å²) in [7, 11) is 3.50. The third-order valence-electron chi connectivity index (χ3n) is 3.58. The number of nitrogens with two attached hydrogens (primary N) is 1. The Morgan fingerprint density at radius 2 is 1.88 bits per heavy atom. The summed E-state index contributed by atoms with van der Waals surface area (Å²) in [6.45, 7) is 0.500. The Morgan fingerprint density at radius 1 is 1.12 bits per heavy atom. The van der Waals surface area contributed by atoms with Crippen LogP contribution in [0, 0.1) is 0 Å². The Hall–Kier alpha value is -2.02. The fourth-order valence-electron chi connectivity index (χ4n) is 2.45.